The molecule has 8 heteroatoms. The van der Waals surface area contributed by atoms with E-state index in [0.29, 0.717) is 41.4 Å². The third-order valence-electron chi connectivity index (χ3n) is 3.63. The second-order valence-electron chi connectivity index (χ2n) is 5.66. The number of hydrogen-bond acceptors (Lipinski definition) is 6. The molecule has 5 nitrogen and oxygen atoms in total. The highest BCUT2D eigenvalue weighted by atomic mass is 79.9. The highest BCUT2D eigenvalue weighted by Crippen LogP contribution is 2.31. The monoisotopic (exact) mass is 479 g/mol. The van der Waals surface area contributed by atoms with Gasteiger partial charge in [0.25, 0.3) is 5.91 Å². The van der Waals surface area contributed by atoms with E-state index in [2.05, 4.69) is 21.2 Å². The van der Waals surface area contributed by atoms with Gasteiger partial charge >= 0.3 is 0 Å². The van der Waals surface area contributed by atoms with Gasteiger partial charge < -0.3 is 19.5 Å². The van der Waals surface area contributed by atoms with Crippen LogP contribution in [-0.4, -0.2) is 36.7 Å². The summed E-state index contributed by atoms with van der Waals surface area (Å²) < 4.78 is 18.3. The molecule has 146 valence electrons. The smallest absolute Gasteiger partial charge is 0.263 e. The summed E-state index contributed by atoms with van der Waals surface area (Å²) in [6, 6.07) is 15.2. The summed E-state index contributed by atoms with van der Waals surface area (Å²) >= 11 is 9.71. The van der Waals surface area contributed by atoms with E-state index >= 15 is 0 Å². The minimum Gasteiger partial charge on any atom is -0.491 e. The van der Waals surface area contributed by atoms with Crippen molar-refractivity contribution in [2.45, 2.75) is 0 Å². The van der Waals surface area contributed by atoms with Gasteiger partial charge in [0.05, 0.1) is 18.1 Å². The topological polar surface area (TPSA) is 56.8 Å². The van der Waals surface area contributed by atoms with E-state index in [9.17, 15) is 4.79 Å². The second kappa shape index (κ2) is 10.6. The molecule has 3 rings (SSSR count). The quantitative estimate of drug-likeness (QED) is 0.326. The molecule has 0 spiro atoms. The Labute approximate surface area is 181 Å². The standard InChI is InChI=1S/C20H18BrNO4S2/c21-15-6-7-17(14(12-15)13-18-19(23)22-20(27)28-18)26-11-9-24-8-10-25-16-4-2-1-3-5-16/h1-7,12-13H,8-11H2,(H,22,23,27). The summed E-state index contributed by atoms with van der Waals surface area (Å²) in [7, 11) is 0. The maximum absolute atomic E-state index is 11.9. The van der Waals surface area contributed by atoms with Crippen molar-refractivity contribution < 1.29 is 19.0 Å². The summed E-state index contributed by atoms with van der Waals surface area (Å²) in [5.74, 6) is 1.30. The Morgan fingerprint density at radius 2 is 1.79 bits per heavy atom. The van der Waals surface area contributed by atoms with Gasteiger partial charge in [0.1, 0.15) is 29.0 Å². The first-order valence-corrected chi connectivity index (χ1v) is 10.6. The molecule has 0 unspecified atom stereocenters. The predicted octanol–water partition coefficient (Wildman–Crippen LogP) is 4.41. The van der Waals surface area contributed by atoms with Crippen molar-refractivity contribution in [1.82, 2.24) is 5.32 Å². The van der Waals surface area contributed by atoms with Crippen LogP contribution in [0, 0.1) is 0 Å². The maximum atomic E-state index is 11.9. The number of para-hydroxylation sites is 1. The van der Waals surface area contributed by atoms with E-state index < -0.39 is 0 Å². The average Bonchev–Trinajstić information content (AvgIpc) is 3.00. The summed E-state index contributed by atoms with van der Waals surface area (Å²) in [4.78, 5) is 12.4. The van der Waals surface area contributed by atoms with Crippen molar-refractivity contribution >= 4 is 56.2 Å². The number of hydrogen-bond donors (Lipinski definition) is 1. The number of carbonyl (C=O) groups is 1. The van der Waals surface area contributed by atoms with Crippen LogP contribution in [0.2, 0.25) is 0 Å². The minimum atomic E-state index is -0.192. The molecule has 0 bridgehead atoms. The lowest BCUT2D eigenvalue weighted by atomic mass is 10.2. The number of amides is 1. The molecule has 0 aliphatic carbocycles. The van der Waals surface area contributed by atoms with Crippen LogP contribution in [-0.2, 0) is 9.53 Å². The van der Waals surface area contributed by atoms with Crippen LogP contribution >= 0.6 is 39.9 Å². The van der Waals surface area contributed by atoms with Gasteiger partial charge in [-0.05, 0) is 36.4 Å². The number of rotatable bonds is 9. The largest absolute Gasteiger partial charge is 0.491 e. The zero-order chi connectivity index (χ0) is 19.8. The molecule has 1 N–H and O–H groups in total. The van der Waals surface area contributed by atoms with E-state index in [1.807, 2.05) is 48.5 Å². The Balaban J connectivity index is 1.46. The molecule has 28 heavy (non-hydrogen) atoms. The van der Waals surface area contributed by atoms with Crippen LogP contribution in [0.1, 0.15) is 5.56 Å². The first-order valence-electron chi connectivity index (χ1n) is 8.54. The molecule has 1 saturated heterocycles. The Morgan fingerprint density at radius 3 is 2.50 bits per heavy atom. The molecule has 0 atom stereocenters. The molecule has 0 saturated carbocycles. The molecule has 1 heterocycles. The summed E-state index contributed by atoms with van der Waals surface area (Å²) in [5.41, 5.74) is 0.795. The number of ether oxygens (including phenoxy) is 3. The van der Waals surface area contributed by atoms with E-state index in [1.165, 1.54) is 11.8 Å². The fourth-order valence-electron chi connectivity index (χ4n) is 2.37. The first-order chi connectivity index (χ1) is 13.6. The first kappa shape index (κ1) is 20.9. The number of carbonyl (C=O) groups excluding carboxylic acids is 1. The van der Waals surface area contributed by atoms with Crippen molar-refractivity contribution in [3.63, 3.8) is 0 Å². The minimum absolute atomic E-state index is 0.192. The molecular formula is C20H18BrNO4S2. The third-order valence-corrected chi connectivity index (χ3v) is 5.28. The Bertz CT molecular complexity index is 874. The van der Waals surface area contributed by atoms with Crippen molar-refractivity contribution in [3.8, 4) is 11.5 Å². The Hall–Kier alpha value is -1.87. The highest BCUT2D eigenvalue weighted by molar-refractivity contribution is 9.10. The normalized spacial score (nSPS) is 15.0. The number of nitrogens with one attached hydrogen (secondary N) is 1. The fourth-order valence-corrected chi connectivity index (χ4v) is 3.79. The van der Waals surface area contributed by atoms with E-state index in [-0.39, 0.29) is 5.91 Å². The highest BCUT2D eigenvalue weighted by Gasteiger charge is 2.22. The molecule has 1 aliphatic heterocycles. The lowest BCUT2D eigenvalue weighted by Gasteiger charge is -2.11. The van der Waals surface area contributed by atoms with Crippen LogP contribution in [0.15, 0.2) is 57.9 Å². The number of halogens is 1. The Kier molecular flexibility index (Phi) is 7.90. The van der Waals surface area contributed by atoms with E-state index in [1.54, 1.807) is 6.08 Å². The molecule has 2 aromatic rings. The molecule has 1 fully saturated rings. The van der Waals surface area contributed by atoms with Gasteiger partial charge in [0, 0.05) is 10.0 Å². The van der Waals surface area contributed by atoms with Gasteiger partial charge in [0.15, 0.2) is 0 Å². The van der Waals surface area contributed by atoms with Crippen molar-refractivity contribution in [1.29, 1.82) is 0 Å². The molecule has 0 aromatic heterocycles. The lowest BCUT2D eigenvalue weighted by molar-refractivity contribution is -0.115. The van der Waals surface area contributed by atoms with Gasteiger partial charge in [-0.1, -0.05) is 58.1 Å². The lowest BCUT2D eigenvalue weighted by Crippen LogP contribution is -2.17. The van der Waals surface area contributed by atoms with Crippen molar-refractivity contribution in [2.75, 3.05) is 26.4 Å². The maximum Gasteiger partial charge on any atom is 0.263 e. The molecule has 0 radical (unpaired) electrons. The average molecular weight is 480 g/mol. The summed E-state index contributed by atoms with van der Waals surface area (Å²) in [6.07, 6.45) is 1.77. The number of thioether (sulfide) groups is 1. The van der Waals surface area contributed by atoms with Crippen LogP contribution in [0.3, 0.4) is 0 Å². The van der Waals surface area contributed by atoms with Crippen LogP contribution in [0.25, 0.3) is 6.08 Å². The van der Waals surface area contributed by atoms with Gasteiger partial charge in [-0.15, -0.1) is 0 Å². The predicted molar refractivity (Wildman–Crippen MR) is 119 cm³/mol. The van der Waals surface area contributed by atoms with Crippen molar-refractivity contribution in [2.24, 2.45) is 0 Å². The van der Waals surface area contributed by atoms with Crippen molar-refractivity contribution in [3.05, 3.63) is 63.5 Å². The van der Waals surface area contributed by atoms with Gasteiger partial charge in [-0.3, -0.25) is 4.79 Å². The van der Waals surface area contributed by atoms with E-state index in [4.69, 9.17) is 26.4 Å². The zero-order valence-electron chi connectivity index (χ0n) is 14.9. The molecule has 1 aliphatic rings. The van der Waals surface area contributed by atoms with Gasteiger partial charge in [-0.25, -0.2) is 0 Å². The van der Waals surface area contributed by atoms with Gasteiger partial charge in [0.2, 0.25) is 0 Å². The SMILES string of the molecule is O=C1NC(=S)SC1=Cc1cc(Br)ccc1OCCOCCOc1ccccc1. The summed E-state index contributed by atoms with van der Waals surface area (Å²) in [6.45, 7) is 1.78. The number of thiocarbonyl (C=S) groups is 1. The van der Waals surface area contributed by atoms with Gasteiger partial charge in [-0.2, -0.15) is 0 Å². The van der Waals surface area contributed by atoms with Crippen LogP contribution < -0.4 is 14.8 Å². The molecule has 1 amide bonds. The molecular weight excluding hydrogens is 462 g/mol. The Morgan fingerprint density at radius 1 is 1.04 bits per heavy atom. The fraction of sp³-hybridized carbons (Fsp3) is 0.200. The number of benzene rings is 2. The van der Waals surface area contributed by atoms with Crippen LogP contribution in [0.5, 0.6) is 11.5 Å². The molecule has 2 aromatic carbocycles. The second-order valence-corrected chi connectivity index (χ2v) is 8.29. The third kappa shape index (κ3) is 6.34. The van der Waals surface area contributed by atoms with E-state index in [0.717, 1.165) is 15.8 Å². The van der Waals surface area contributed by atoms with Crippen LogP contribution in [0.4, 0.5) is 0 Å². The zero-order valence-corrected chi connectivity index (χ0v) is 18.1. The summed E-state index contributed by atoms with van der Waals surface area (Å²) in [5, 5.41) is 2.61.